The Bertz CT molecular complexity index is 882. The molecule has 29 heavy (non-hydrogen) atoms. The summed E-state index contributed by atoms with van der Waals surface area (Å²) in [5, 5.41) is 3.14. The van der Waals surface area contributed by atoms with Crippen LogP contribution in [0.2, 0.25) is 0 Å². The molecule has 156 valence electrons. The smallest absolute Gasteiger partial charge is 0.340 e. The van der Waals surface area contributed by atoms with Gasteiger partial charge in [0.2, 0.25) is 5.91 Å². The number of thioether (sulfide) groups is 1. The monoisotopic (exact) mass is 417 g/mol. The summed E-state index contributed by atoms with van der Waals surface area (Å²) in [4.78, 5) is 43.3. The number of ether oxygens (including phenoxy) is 1. The number of benzene rings is 1. The molecule has 0 saturated carbocycles. The molecule has 0 fully saturated rings. The van der Waals surface area contributed by atoms with Gasteiger partial charge in [0.25, 0.3) is 5.56 Å². The minimum atomic E-state index is -0.456. The molecule has 2 aromatic rings. The van der Waals surface area contributed by atoms with E-state index in [0.29, 0.717) is 35.1 Å². The van der Waals surface area contributed by atoms with Crippen molar-refractivity contribution >= 4 is 29.3 Å². The molecule has 0 aliphatic heterocycles. The quantitative estimate of drug-likeness (QED) is 0.250. The first-order valence-electron chi connectivity index (χ1n) is 9.82. The number of amides is 1. The van der Waals surface area contributed by atoms with Crippen LogP contribution in [0.5, 0.6) is 0 Å². The highest BCUT2D eigenvalue weighted by molar-refractivity contribution is 7.99. The van der Waals surface area contributed by atoms with E-state index in [1.165, 1.54) is 6.07 Å². The van der Waals surface area contributed by atoms with Crippen LogP contribution in [0, 0.1) is 0 Å². The zero-order valence-electron chi connectivity index (χ0n) is 16.8. The molecule has 2 N–H and O–H groups in total. The Kier molecular flexibility index (Phi) is 9.43. The zero-order valence-corrected chi connectivity index (χ0v) is 17.6. The van der Waals surface area contributed by atoms with Gasteiger partial charge in [0.1, 0.15) is 0 Å². The number of aromatic amines is 1. The SMILES string of the molecule is CCCCCOC(=O)c1ccccc1NC(=O)CSc1nc(CCC)cc(=O)[nH]1. The molecule has 0 aliphatic carbocycles. The summed E-state index contributed by atoms with van der Waals surface area (Å²) >= 11 is 1.14. The second-order valence-electron chi connectivity index (χ2n) is 6.52. The molecule has 0 atom stereocenters. The summed E-state index contributed by atoms with van der Waals surface area (Å²) in [6, 6.07) is 8.21. The van der Waals surface area contributed by atoms with E-state index in [1.807, 2.05) is 6.92 Å². The van der Waals surface area contributed by atoms with E-state index < -0.39 is 5.97 Å². The van der Waals surface area contributed by atoms with E-state index in [9.17, 15) is 14.4 Å². The number of carbonyl (C=O) groups is 2. The highest BCUT2D eigenvalue weighted by Gasteiger charge is 2.15. The van der Waals surface area contributed by atoms with E-state index in [2.05, 4.69) is 22.2 Å². The third-order valence-corrected chi connectivity index (χ3v) is 4.89. The Morgan fingerprint density at radius 3 is 2.72 bits per heavy atom. The normalized spacial score (nSPS) is 10.6. The first kappa shape index (κ1) is 22.7. The second-order valence-corrected chi connectivity index (χ2v) is 7.48. The molecule has 0 saturated heterocycles. The summed E-state index contributed by atoms with van der Waals surface area (Å²) in [5.74, 6) is -0.703. The van der Waals surface area contributed by atoms with Gasteiger partial charge in [-0.2, -0.15) is 0 Å². The van der Waals surface area contributed by atoms with Crippen molar-refractivity contribution in [2.24, 2.45) is 0 Å². The number of nitrogens with zero attached hydrogens (tertiary/aromatic N) is 1. The fourth-order valence-electron chi connectivity index (χ4n) is 2.62. The molecule has 1 aromatic carbocycles. The van der Waals surface area contributed by atoms with Crippen LogP contribution in [0.4, 0.5) is 5.69 Å². The Morgan fingerprint density at radius 2 is 1.97 bits per heavy atom. The number of nitrogens with one attached hydrogen (secondary N) is 2. The maximum atomic E-state index is 12.4. The number of hydrogen-bond acceptors (Lipinski definition) is 6. The molecule has 0 unspecified atom stereocenters. The molecule has 0 bridgehead atoms. The molecule has 1 amide bonds. The summed E-state index contributed by atoms with van der Waals surface area (Å²) < 4.78 is 5.29. The minimum Gasteiger partial charge on any atom is -0.462 e. The van der Waals surface area contributed by atoms with Crippen LogP contribution in [-0.2, 0) is 16.0 Å². The van der Waals surface area contributed by atoms with Crippen molar-refractivity contribution in [3.63, 3.8) is 0 Å². The zero-order chi connectivity index (χ0) is 21.1. The van der Waals surface area contributed by atoms with E-state index >= 15 is 0 Å². The number of esters is 1. The highest BCUT2D eigenvalue weighted by Crippen LogP contribution is 2.18. The summed E-state index contributed by atoms with van der Waals surface area (Å²) in [6.45, 7) is 4.45. The molecule has 7 nitrogen and oxygen atoms in total. The van der Waals surface area contributed by atoms with E-state index in [1.54, 1.807) is 24.3 Å². The Labute approximate surface area is 174 Å². The van der Waals surface area contributed by atoms with Crippen molar-refractivity contribution in [1.82, 2.24) is 9.97 Å². The predicted molar refractivity (Wildman–Crippen MR) is 114 cm³/mol. The molecular formula is C21H27N3O4S. The van der Waals surface area contributed by atoms with Crippen molar-refractivity contribution in [3.8, 4) is 0 Å². The average Bonchev–Trinajstić information content (AvgIpc) is 2.70. The van der Waals surface area contributed by atoms with Crippen molar-refractivity contribution in [2.45, 2.75) is 51.1 Å². The molecule has 0 radical (unpaired) electrons. The molecular weight excluding hydrogens is 390 g/mol. The first-order valence-corrected chi connectivity index (χ1v) is 10.8. The molecule has 1 heterocycles. The molecule has 1 aromatic heterocycles. The van der Waals surface area contributed by atoms with E-state index in [0.717, 1.165) is 37.4 Å². The topological polar surface area (TPSA) is 101 Å². The lowest BCUT2D eigenvalue weighted by Gasteiger charge is -2.11. The Morgan fingerprint density at radius 1 is 1.17 bits per heavy atom. The van der Waals surface area contributed by atoms with Crippen LogP contribution in [0.3, 0.4) is 0 Å². The molecule has 2 rings (SSSR count). The maximum absolute atomic E-state index is 12.4. The average molecular weight is 418 g/mol. The largest absolute Gasteiger partial charge is 0.462 e. The third kappa shape index (κ3) is 7.73. The molecule has 8 heteroatoms. The number of aromatic nitrogens is 2. The van der Waals surface area contributed by atoms with Crippen LogP contribution in [0.25, 0.3) is 0 Å². The number of unbranched alkanes of at least 4 members (excludes halogenated alkanes) is 2. The maximum Gasteiger partial charge on any atom is 0.340 e. The third-order valence-electron chi connectivity index (χ3n) is 4.02. The molecule has 0 aliphatic rings. The van der Waals surface area contributed by atoms with Gasteiger partial charge in [0.15, 0.2) is 5.16 Å². The van der Waals surface area contributed by atoms with Crippen molar-refractivity contribution in [2.75, 3.05) is 17.7 Å². The number of anilines is 1. The fraction of sp³-hybridized carbons (Fsp3) is 0.429. The van der Waals surface area contributed by atoms with Gasteiger partial charge in [0, 0.05) is 11.8 Å². The second kappa shape index (κ2) is 12.1. The lowest BCUT2D eigenvalue weighted by molar-refractivity contribution is -0.113. The summed E-state index contributed by atoms with van der Waals surface area (Å²) in [6.07, 6.45) is 4.45. The first-order chi connectivity index (χ1) is 14.0. The van der Waals surface area contributed by atoms with Crippen LogP contribution in [-0.4, -0.2) is 34.2 Å². The number of H-pyrrole nitrogens is 1. The van der Waals surface area contributed by atoms with Gasteiger partial charge in [-0.25, -0.2) is 9.78 Å². The summed E-state index contributed by atoms with van der Waals surface area (Å²) in [7, 11) is 0. The number of rotatable bonds is 11. The van der Waals surface area contributed by atoms with Crippen molar-refractivity contribution in [1.29, 1.82) is 0 Å². The van der Waals surface area contributed by atoms with E-state index in [4.69, 9.17) is 4.74 Å². The van der Waals surface area contributed by atoms with Gasteiger partial charge in [0.05, 0.1) is 23.6 Å². The van der Waals surface area contributed by atoms with Crippen molar-refractivity contribution in [3.05, 3.63) is 51.9 Å². The van der Waals surface area contributed by atoms with E-state index in [-0.39, 0.29) is 17.2 Å². The number of para-hydroxylation sites is 1. The standard InChI is InChI=1S/C21H27N3O4S/c1-3-5-8-12-28-20(27)16-10-6-7-11-17(16)23-19(26)14-29-21-22-15(9-4-2)13-18(25)24-21/h6-7,10-11,13H,3-5,8-9,12,14H2,1-2H3,(H,23,26)(H,22,24,25). The van der Waals surface area contributed by atoms with Gasteiger partial charge in [-0.15, -0.1) is 0 Å². The van der Waals surface area contributed by atoms with Crippen LogP contribution in [0.15, 0.2) is 40.3 Å². The predicted octanol–water partition coefficient (Wildman–Crippen LogP) is 3.80. The Balaban J connectivity index is 1.95. The highest BCUT2D eigenvalue weighted by atomic mass is 32.2. The van der Waals surface area contributed by atoms with Gasteiger partial charge in [-0.05, 0) is 25.0 Å². The number of aryl methyl sites for hydroxylation is 1. The Hall–Kier alpha value is -2.61. The molecule has 0 spiro atoms. The number of carbonyl (C=O) groups excluding carboxylic acids is 2. The minimum absolute atomic E-state index is 0.0540. The van der Waals surface area contributed by atoms with Crippen molar-refractivity contribution < 1.29 is 14.3 Å². The summed E-state index contributed by atoms with van der Waals surface area (Å²) in [5.41, 5.74) is 1.19. The van der Waals surface area contributed by atoms with Gasteiger partial charge in [-0.3, -0.25) is 9.59 Å². The van der Waals surface area contributed by atoms with Gasteiger partial charge < -0.3 is 15.0 Å². The van der Waals surface area contributed by atoms with Gasteiger partial charge in [-0.1, -0.05) is 57.0 Å². The van der Waals surface area contributed by atoms with Crippen LogP contribution < -0.4 is 10.9 Å². The van der Waals surface area contributed by atoms with Crippen LogP contribution in [0.1, 0.15) is 55.6 Å². The van der Waals surface area contributed by atoms with Gasteiger partial charge >= 0.3 is 5.97 Å². The fourth-order valence-corrected chi connectivity index (χ4v) is 3.32. The lowest BCUT2D eigenvalue weighted by Crippen LogP contribution is -2.18. The number of hydrogen-bond donors (Lipinski definition) is 2. The lowest BCUT2D eigenvalue weighted by atomic mass is 10.2. The van der Waals surface area contributed by atoms with Crippen LogP contribution >= 0.6 is 11.8 Å².